The Morgan fingerprint density at radius 2 is 1.79 bits per heavy atom. The summed E-state index contributed by atoms with van der Waals surface area (Å²) in [6.07, 6.45) is 3.92. The summed E-state index contributed by atoms with van der Waals surface area (Å²) >= 11 is 0. The largest absolute Gasteiger partial charge is 0.484 e. The summed E-state index contributed by atoms with van der Waals surface area (Å²) in [4.78, 5) is 11.6. The number of hydrogen-bond acceptors (Lipinski definition) is 3. The van der Waals surface area contributed by atoms with Gasteiger partial charge in [-0.3, -0.25) is 4.79 Å². The van der Waals surface area contributed by atoms with Crippen LogP contribution in [0.2, 0.25) is 0 Å². The molecule has 0 radical (unpaired) electrons. The van der Waals surface area contributed by atoms with Gasteiger partial charge in [0, 0.05) is 5.71 Å². The first-order valence-electron chi connectivity index (χ1n) is 6.78. The van der Waals surface area contributed by atoms with Gasteiger partial charge in [-0.05, 0) is 25.0 Å². The van der Waals surface area contributed by atoms with Crippen LogP contribution in [0.4, 0.5) is 0 Å². The van der Waals surface area contributed by atoms with E-state index in [0.717, 1.165) is 31.4 Å². The van der Waals surface area contributed by atoms with Crippen molar-refractivity contribution in [1.82, 2.24) is 5.43 Å². The average molecular weight is 262 g/mol. The van der Waals surface area contributed by atoms with Crippen molar-refractivity contribution in [3.05, 3.63) is 30.3 Å². The smallest absolute Gasteiger partial charge is 0.277 e. The molecule has 1 aromatic rings. The van der Waals surface area contributed by atoms with E-state index in [1.807, 2.05) is 30.3 Å². The number of hydrogen-bond donors (Lipinski definition) is 1. The molecule has 0 aliphatic rings. The Bertz CT molecular complexity index is 394. The lowest BCUT2D eigenvalue weighted by molar-refractivity contribution is -0.123. The number of carbonyl (C=O) groups is 1. The lowest BCUT2D eigenvalue weighted by atomic mass is 10.1. The number of ether oxygens (including phenoxy) is 1. The highest BCUT2D eigenvalue weighted by Crippen LogP contribution is 2.07. The third kappa shape index (κ3) is 6.60. The summed E-state index contributed by atoms with van der Waals surface area (Å²) in [5, 5.41) is 4.15. The maximum absolute atomic E-state index is 11.6. The number of rotatable bonds is 8. The van der Waals surface area contributed by atoms with Gasteiger partial charge in [0.2, 0.25) is 0 Å². The predicted octanol–water partition coefficient (Wildman–Crippen LogP) is 3.14. The minimum Gasteiger partial charge on any atom is -0.484 e. The maximum atomic E-state index is 11.6. The van der Waals surface area contributed by atoms with Gasteiger partial charge < -0.3 is 4.74 Å². The molecule has 1 amide bonds. The van der Waals surface area contributed by atoms with E-state index in [1.165, 1.54) is 0 Å². The number of carbonyl (C=O) groups excluding carboxylic acids is 1. The molecule has 0 saturated heterocycles. The van der Waals surface area contributed by atoms with Gasteiger partial charge in [-0.2, -0.15) is 5.10 Å². The minimum atomic E-state index is -0.228. The Morgan fingerprint density at radius 3 is 2.37 bits per heavy atom. The molecule has 1 N–H and O–H groups in total. The van der Waals surface area contributed by atoms with Gasteiger partial charge in [0.25, 0.3) is 5.91 Å². The van der Waals surface area contributed by atoms with Crippen LogP contribution in [-0.4, -0.2) is 18.2 Å². The van der Waals surface area contributed by atoms with Crippen LogP contribution in [0.15, 0.2) is 35.4 Å². The van der Waals surface area contributed by atoms with Gasteiger partial charge in [0.1, 0.15) is 5.75 Å². The molecule has 104 valence electrons. The summed E-state index contributed by atoms with van der Waals surface area (Å²) in [6.45, 7) is 4.19. The van der Waals surface area contributed by atoms with Crippen LogP contribution in [0.1, 0.15) is 39.5 Å². The molecule has 0 aromatic heterocycles. The molecular formula is C15H22N2O2. The summed E-state index contributed by atoms with van der Waals surface area (Å²) in [5.41, 5.74) is 3.59. The monoisotopic (exact) mass is 262 g/mol. The van der Waals surface area contributed by atoms with E-state index in [9.17, 15) is 4.79 Å². The van der Waals surface area contributed by atoms with E-state index in [1.54, 1.807) is 0 Å². The standard InChI is InChI=1S/C15H22N2O2/c1-3-8-13(9-4-2)16-17-15(18)12-19-14-10-6-5-7-11-14/h5-7,10-11H,3-4,8-9,12H2,1-2H3,(H,17,18). The molecule has 0 saturated carbocycles. The molecule has 0 aliphatic heterocycles. The molecule has 0 aliphatic carbocycles. The highest BCUT2D eigenvalue weighted by Gasteiger charge is 2.02. The third-order valence-corrected chi connectivity index (χ3v) is 2.53. The highest BCUT2D eigenvalue weighted by molar-refractivity contribution is 5.86. The Hall–Kier alpha value is -1.84. The molecule has 0 spiro atoms. The van der Waals surface area contributed by atoms with E-state index < -0.39 is 0 Å². The molecule has 0 unspecified atom stereocenters. The van der Waals surface area contributed by atoms with E-state index in [0.29, 0.717) is 5.75 Å². The summed E-state index contributed by atoms with van der Waals surface area (Å²) < 4.78 is 5.34. The first-order chi connectivity index (χ1) is 9.26. The quantitative estimate of drug-likeness (QED) is 0.578. The van der Waals surface area contributed by atoms with Crippen molar-refractivity contribution in [1.29, 1.82) is 0 Å². The number of hydrazone groups is 1. The second-order valence-corrected chi connectivity index (χ2v) is 4.31. The zero-order valence-electron chi connectivity index (χ0n) is 11.7. The van der Waals surface area contributed by atoms with Crippen LogP contribution in [0, 0.1) is 0 Å². The number of amides is 1. The number of nitrogens with zero attached hydrogens (tertiary/aromatic N) is 1. The fourth-order valence-electron chi connectivity index (χ4n) is 1.65. The Morgan fingerprint density at radius 1 is 1.16 bits per heavy atom. The van der Waals surface area contributed by atoms with Gasteiger partial charge >= 0.3 is 0 Å². The molecule has 0 heterocycles. The number of nitrogens with one attached hydrogen (secondary N) is 1. The van der Waals surface area contributed by atoms with Crippen molar-refractivity contribution in [2.75, 3.05) is 6.61 Å². The van der Waals surface area contributed by atoms with Crippen molar-refractivity contribution in [2.24, 2.45) is 5.10 Å². The second kappa shape index (κ2) is 9.14. The van der Waals surface area contributed by atoms with Crippen molar-refractivity contribution in [2.45, 2.75) is 39.5 Å². The van der Waals surface area contributed by atoms with Crippen molar-refractivity contribution < 1.29 is 9.53 Å². The first kappa shape index (κ1) is 15.2. The zero-order valence-corrected chi connectivity index (χ0v) is 11.7. The molecule has 0 fully saturated rings. The van der Waals surface area contributed by atoms with Crippen molar-refractivity contribution in [3.8, 4) is 5.75 Å². The molecule has 4 nitrogen and oxygen atoms in total. The lowest BCUT2D eigenvalue weighted by Gasteiger charge is -2.06. The average Bonchev–Trinajstić information content (AvgIpc) is 2.44. The molecule has 0 atom stereocenters. The molecule has 0 bridgehead atoms. The normalized spacial score (nSPS) is 9.79. The summed E-state index contributed by atoms with van der Waals surface area (Å²) in [7, 11) is 0. The third-order valence-electron chi connectivity index (χ3n) is 2.53. The lowest BCUT2D eigenvalue weighted by Crippen LogP contribution is -2.25. The van der Waals surface area contributed by atoms with Gasteiger partial charge in [0.15, 0.2) is 6.61 Å². The fraction of sp³-hybridized carbons (Fsp3) is 0.467. The summed E-state index contributed by atoms with van der Waals surface area (Å²) in [6, 6.07) is 9.27. The Labute approximate surface area is 114 Å². The predicted molar refractivity (Wildman–Crippen MR) is 77.3 cm³/mol. The summed E-state index contributed by atoms with van der Waals surface area (Å²) in [5.74, 6) is 0.456. The van der Waals surface area contributed by atoms with E-state index in [4.69, 9.17) is 4.74 Å². The molecule has 1 aromatic carbocycles. The molecule has 1 rings (SSSR count). The zero-order chi connectivity index (χ0) is 13.9. The fourth-order valence-corrected chi connectivity index (χ4v) is 1.65. The molecule has 4 heteroatoms. The van der Waals surface area contributed by atoms with Crippen LogP contribution in [0.25, 0.3) is 0 Å². The highest BCUT2D eigenvalue weighted by atomic mass is 16.5. The maximum Gasteiger partial charge on any atom is 0.277 e. The van der Waals surface area contributed by atoms with E-state index in [-0.39, 0.29) is 12.5 Å². The van der Waals surface area contributed by atoms with Crippen LogP contribution in [-0.2, 0) is 4.79 Å². The van der Waals surface area contributed by atoms with Gasteiger partial charge in [-0.1, -0.05) is 44.9 Å². The van der Waals surface area contributed by atoms with E-state index in [2.05, 4.69) is 24.4 Å². The van der Waals surface area contributed by atoms with Crippen LogP contribution in [0.3, 0.4) is 0 Å². The number of benzene rings is 1. The molecular weight excluding hydrogens is 240 g/mol. The second-order valence-electron chi connectivity index (χ2n) is 4.31. The Kier molecular flexibility index (Phi) is 7.32. The minimum absolute atomic E-state index is 0.0148. The molecule has 19 heavy (non-hydrogen) atoms. The van der Waals surface area contributed by atoms with Crippen LogP contribution < -0.4 is 10.2 Å². The number of para-hydroxylation sites is 1. The topological polar surface area (TPSA) is 50.7 Å². The van der Waals surface area contributed by atoms with Gasteiger partial charge in [0.05, 0.1) is 0 Å². The van der Waals surface area contributed by atoms with Crippen molar-refractivity contribution in [3.63, 3.8) is 0 Å². The van der Waals surface area contributed by atoms with Gasteiger partial charge in [-0.15, -0.1) is 0 Å². The van der Waals surface area contributed by atoms with Crippen LogP contribution >= 0.6 is 0 Å². The van der Waals surface area contributed by atoms with E-state index >= 15 is 0 Å². The van der Waals surface area contributed by atoms with Crippen LogP contribution in [0.5, 0.6) is 5.75 Å². The SMILES string of the molecule is CCCC(CCC)=NNC(=O)COc1ccccc1. The van der Waals surface area contributed by atoms with Gasteiger partial charge in [-0.25, -0.2) is 5.43 Å². The van der Waals surface area contributed by atoms with Crippen molar-refractivity contribution >= 4 is 11.6 Å². The first-order valence-corrected chi connectivity index (χ1v) is 6.78. The Balaban J connectivity index is 2.35.